The number of rotatable bonds is 5. The van der Waals surface area contributed by atoms with Crippen LogP contribution >= 0.6 is 0 Å². The van der Waals surface area contributed by atoms with Gasteiger partial charge < -0.3 is 10.5 Å². The van der Waals surface area contributed by atoms with E-state index in [-0.39, 0.29) is 11.6 Å². The van der Waals surface area contributed by atoms with Crippen molar-refractivity contribution < 1.29 is 4.74 Å². The molecule has 2 rings (SSSR count). The molecule has 1 heterocycles. The van der Waals surface area contributed by atoms with E-state index in [0.717, 1.165) is 36.7 Å². The van der Waals surface area contributed by atoms with Crippen molar-refractivity contribution in [1.29, 1.82) is 0 Å². The van der Waals surface area contributed by atoms with Crippen molar-refractivity contribution in [2.24, 2.45) is 11.7 Å². The highest BCUT2D eigenvalue weighted by atomic mass is 16.5. The van der Waals surface area contributed by atoms with Crippen LogP contribution in [0.4, 0.5) is 0 Å². The zero-order valence-electron chi connectivity index (χ0n) is 12.9. The lowest BCUT2D eigenvalue weighted by Gasteiger charge is -2.37. The Hall–Kier alpha value is -1.00. The fourth-order valence-corrected chi connectivity index (χ4v) is 3.00. The van der Waals surface area contributed by atoms with Crippen molar-refractivity contribution in [3.05, 3.63) is 23.8 Å². The Morgan fingerprint density at radius 3 is 2.75 bits per heavy atom. The lowest BCUT2D eigenvalue weighted by Crippen LogP contribution is -2.36. The lowest BCUT2D eigenvalue weighted by molar-refractivity contribution is -0.0838. The summed E-state index contributed by atoms with van der Waals surface area (Å²) in [6.45, 7) is 7.06. The standard InChI is InChI=1S/C16H27N3O/c1-4-20-16(8-5-12(2)6-9-16)15-18-10-7-14(19-15)11-13(3)17/h7,10,12-13H,4-6,8-9,11,17H2,1-3H3. The molecule has 0 spiro atoms. The third-order valence-electron chi connectivity index (χ3n) is 4.15. The molecule has 112 valence electrons. The Balaban J connectivity index is 2.25. The van der Waals surface area contributed by atoms with Gasteiger partial charge in [-0.25, -0.2) is 9.97 Å². The molecule has 1 atom stereocenters. The van der Waals surface area contributed by atoms with Crippen molar-refractivity contribution in [2.45, 2.75) is 64.5 Å². The molecule has 1 aliphatic rings. The van der Waals surface area contributed by atoms with Crippen LogP contribution in [0.25, 0.3) is 0 Å². The van der Waals surface area contributed by atoms with Crippen LogP contribution in [0.3, 0.4) is 0 Å². The van der Waals surface area contributed by atoms with Gasteiger partial charge >= 0.3 is 0 Å². The number of nitrogens with zero attached hydrogens (tertiary/aromatic N) is 2. The minimum absolute atomic E-state index is 0.118. The topological polar surface area (TPSA) is 61.0 Å². The largest absolute Gasteiger partial charge is 0.367 e. The molecule has 1 aromatic heterocycles. The average Bonchev–Trinajstić information content (AvgIpc) is 2.41. The van der Waals surface area contributed by atoms with Gasteiger partial charge in [0, 0.05) is 31.0 Å². The lowest BCUT2D eigenvalue weighted by atomic mass is 9.78. The van der Waals surface area contributed by atoms with E-state index in [4.69, 9.17) is 15.5 Å². The summed E-state index contributed by atoms with van der Waals surface area (Å²) >= 11 is 0. The van der Waals surface area contributed by atoms with Crippen molar-refractivity contribution >= 4 is 0 Å². The van der Waals surface area contributed by atoms with Crippen LogP contribution in [0.1, 0.15) is 58.0 Å². The minimum atomic E-state index is -0.283. The summed E-state index contributed by atoms with van der Waals surface area (Å²) in [6.07, 6.45) is 7.03. The Bertz CT molecular complexity index is 425. The third kappa shape index (κ3) is 3.55. The van der Waals surface area contributed by atoms with Gasteiger partial charge in [-0.2, -0.15) is 0 Å². The second-order valence-corrected chi connectivity index (χ2v) is 6.16. The molecule has 20 heavy (non-hydrogen) atoms. The van der Waals surface area contributed by atoms with Crippen LogP contribution in [0, 0.1) is 5.92 Å². The third-order valence-corrected chi connectivity index (χ3v) is 4.15. The van der Waals surface area contributed by atoms with E-state index in [1.165, 1.54) is 12.8 Å². The Morgan fingerprint density at radius 1 is 1.45 bits per heavy atom. The molecule has 1 aliphatic carbocycles. The van der Waals surface area contributed by atoms with E-state index in [0.29, 0.717) is 6.61 Å². The smallest absolute Gasteiger partial charge is 0.160 e. The van der Waals surface area contributed by atoms with Gasteiger partial charge in [0.1, 0.15) is 5.60 Å². The van der Waals surface area contributed by atoms with E-state index in [1.54, 1.807) is 0 Å². The Kier molecular flexibility index (Phi) is 5.11. The predicted octanol–water partition coefficient (Wildman–Crippen LogP) is 2.81. The molecule has 1 fully saturated rings. The zero-order valence-corrected chi connectivity index (χ0v) is 12.9. The quantitative estimate of drug-likeness (QED) is 0.899. The summed E-state index contributed by atoms with van der Waals surface area (Å²) < 4.78 is 6.11. The van der Waals surface area contributed by atoms with Gasteiger partial charge in [-0.3, -0.25) is 0 Å². The van der Waals surface area contributed by atoms with E-state index >= 15 is 0 Å². The first-order valence-corrected chi connectivity index (χ1v) is 7.77. The summed E-state index contributed by atoms with van der Waals surface area (Å²) in [7, 11) is 0. The molecule has 0 aromatic carbocycles. The van der Waals surface area contributed by atoms with Crippen LogP contribution in [0.15, 0.2) is 12.3 Å². The first-order chi connectivity index (χ1) is 9.55. The molecular weight excluding hydrogens is 250 g/mol. The molecule has 1 saturated carbocycles. The van der Waals surface area contributed by atoms with Crippen molar-refractivity contribution in [2.75, 3.05) is 6.61 Å². The molecule has 4 heteroatoms. The van der Waals surface area contributed by atoms with Gasteiger partial charge in [0.25, 0.3) is 0 Å². The first kappa shape index (κ1) is 15.4. The maximum absolute atomic E-state index is 6.11. The monoisotopic (exact) mass is 277 g/mol. The number of hydrogen-bond acceptors (Lipinski definition) is 4. The molecule has 0 bridgehead atoms. The minimum Gasteiger partial charge on any atom is -0.367 e. The van der Waals surface area contributed by atoms with Crippen LogP contribution in [0.2, 0.25) is 0 Å². The van der Waals surface area contributed by atoms with E-state index in [1.807, 2.05) is 26.1 Å². The fourth-order valence-electron chi connectivity index (χ4n) is 3.00. The van der Waals surface area contributed by atoms with Crippen molar-refractivity contribution in [3.8, 4) is 0 Å². The van der Waals surface area contributed by atoms with Crippen LogP contribution in [0.5, 0.6) is 0 Å². The average molecular weight is 277 g/mol. The number of ether oxygens (including phenoxy) is 1. The van der Waals surface area contributed by atoms with Gasteiger partial charge in [0.15, 0.2) is 5.82 Å². The fraction of sp³-hybridized carbons (Fsp3) is 0.750. The van der Waals surface area contributed by atoms with Gasteiger partial charge in [-0.05, 0) is 51.5 Å². The first-order valence-electron chi connectivity index (χ1n) is 7.77. The summed E-state index contributed by atoms with van der Waals surface area (Å²) in [5.41, 5.74) is 6.60. The molecule has 0 amide bonds. The van der Waals surface area contributed by atoms with Crippen molar-refractivity contribution in [3.63, 3.8) is 0 Å². The summed E-state index contributed by atoms with van der Waals surface area (Å²) in [6, 6.07) is 2.07. The van der Waals surface area contributed by atoms with Gasteiger partial charge in [-0.15, -0.1) is 0 Å². The summed E-state index contributed by atoms with van der Waals surface area (Å²) in [5.74, 6) is 1.63. The summed E-state index contributed by atoms with van der Waals surface area (Å²) in [5, 5.41) is 0. The van der Waals surface area contributed by atoms with Crippen molar-refractivity contribution in [1.82, 2.24) is 9.97 Å². The van der Waals surface area contributed by atoms with E-state index in [9.17, 15) is 0 Å². The Labute approximate surface area is 122 Å². The highest BCUT2D eigenvalue weighted by Gasteiger charge is 2.39. The molecule has 1 unspecified atom stereocenters. The second-order valence-electron chi connectivity index (χ2n) is 6.16. The van der Waals surface area contributed by atoms with Crippen LogP contribution in [-0.4, -0.2) is 22.6 Å². The SMILES string of the molecule is CCOC1(c2nccc(CC(C)N)n2)CCC(C)CC1. The van der Waals surface area contributed by atoms with Gasteiger partial charge in [0.05, 0.1) is 0 Å². The molecule has 0 aliphatic heterocycles. The highest BCUT2D eigenvalue weighted by molar-refractivity contribution is 5.11. The van der Waals surface area contributed by atoms with Crippen LogP contribution in [-0.2, 0) is 16.8 Å². The molecule has 4 nitrogen and oxygen atoms in total. The van der Waals surface area contributed by atoms with Gasteiger partial charge in [-0.1, -0.05) is 6.92 Å². The zero-order chi connectivity index (χ0) is 14.6. The second kappa shape index (κ2) is 6.64. The number of aromatic nitrogens is 2. The number of nitrogens with two attached hydrogens (primary N) is 1. The molecule has 0 radical (unpaired) electrons. The predicted molar refractivity (Wildman–Crippen MR) is 80.3 cm³/mol. The molecule has 1 aromatic rings. The van der Waals surface area contributed by atoms with Crippen LogP contribution < -0.4 is 5.73 Å². The maximum Gasteiger partial charge on any atom is 0.160 e. The molecule has 0 saturated heterocycles. The summed E-state index contributed by atoms with van der Waals surface area (Å²) in [4.78, 5) is 9.25. The molecule has 2 N–H and O–H groups in total. The van der Waals surface area contributed by atoms with E-state index < -0.39 is 0 Å². The highest BCUT2D eigenvalue weighted by Crippen LogP contribution is 2.40. The normalized spacial score (nSPS) is 28.3. The molecular formula is C16H27N3O. The van der Waals surface area contributed by atoms with Gasteiger partial charge in [0.2, 0.25) is 0 Å². The maximum atomic E-state index is 6.11. The number of hydrogen-bond donors (Lipinski definition) is 1. The Morgan fingerprint density at radius 2 is 2.15 bits per heavy atom. The van der Waals surface area contributed by atoms with E-state index in [2.05, 4.69) is 11.9 Å².